The molecule has 160 valence electrons. The average Bonchev–Trinajstić information content (AvgIpc) is 3.05. The molecular weight excluding hydrogens is 407 g/mol. The van der Waals surface area contributed by atoms with E-state index in [-0.39, 0.29) is 23.8 Å². The molecular formula is C18H18F3N5O4. The van der Waals surface area contributed by atoms with Gasteiger partial charge < -0.3 is 9.47 Å². The number of anilines is 1. The third-order valence-corrected chi connectivity index (χ3v) is 3.37. The van der Waals surface area contributed by atoms with E-state index in [1.807, 2.05) is 0 Å². The molecule has 0 saturated carbocycles. The second-order valence-electron chi connectivity index (χ2n) is 6.84. The molecule has 0 radical (unpaired) electrons. The zero-order valence-corrected chi connectivity index (χ0v) is 16.5. The Kier molecular flexibility index (Phi) is 6.35. The van der Waals surface area contributed by atoms with E-state index in [4.69, 9.17) is 4.74 Å². The van der Waals surface area contributed by atoms with Gasteiger partial charge in [0.2, 0.25) is 0 Å². The number of esters is 1. The number of nitriles is 1. The lowest BCUT2D eigenvalue weighted by atomic mass is 10.2. The molecule has 0 saturated heterocycles. The molecule has 9 nitrogen and oxygen atoms in total. The molecule has 2 aromatic heterocycles. The van der Waals surface area contributed by atoms with Crippen LogP contribution in [0.2, 0.25) is 0 Å². The fourth-order valence-electron chi connectivity index (χ4n) is 2.31. The molecule has 30 heavy (non-hydrogen) atoms. The number of alkyl halides is 3. The van der Waals surface area contributed by atoms with Crippen molar-refractivity contribution in [2.45, 2.75) is 39.5 Å². The minimum atomic E-state index is -4.97. The summed E-state index contributed by atoms with van der Waals surface area (Å²) in [6.45, 7) is 6.15. The van der Waals surface area contributed by atoms with Gasteiger partial charge in [0.05, 0.1) is 18.4 Å². The van der Waals surface area contributed by atoms with Crippen molar-refractivity contribution in [3.8, 4) is 11.9 Å². The molecule has 0 aromatic carbocycles. The number of halogens is 3. The fraction of sp³-hybridized carbons (Fsp3) is 0.389. The van der Waals surface area contributed by atoms with Gasteiger partial charge in [0.1, 0.15) is 17.2 Å². The number of nitrogens with one attached hydrogen (secondary N) is 1. The second kappa shape index (κ2) is 8.40. The Morgan fingerprint density at radius 3 is 2.47 bits per heavy atom. The SMILES string of the molecule is CCOC(=O)c1cnn(-c2ccc(C#N)c(NC(=O)OC(C)(C)C)n2)c1C(F)(F)F. The molecule has 0 aliphatic carbocycles. The van der Waals surface area contributed by atoms with Crippen LogP contribution in [0.4, 0.5) is 23.8 Å². The maximum atomic E-state index is 13.6. The monoisotopic (exact) mass is 425 g/mol. The van der Waals surface area contributed by atoms with Crippen molar-refractivity contribution in [2.24, 2.45) is 0 Å². The zero-order chi connectivity index (χ0) is 22.7. The Balaban J connectivity index is 2.54. The standard InChI is InChI=1S/C18H18F3N5O4/c1-5-29-15(27)11-9-23-26(13(11)18(19,20)21)12-7-6-10(8-22)14(24-12)25-16(28)30-17(2,3)4/h6-7,9H,5H2,1-4H3,(H,24,25,28). The van der Waals surface area contributed by atoms with Crippen LogP contribution in [0.3, 0.4) is 0 Å². The minimum absolute atomic E-state index is 0.115. The molecule has 0 unspecified atom stereocenters. The summed E-state index contributed by atoms with van der Waals surface area (Å²) in [6.07, 6.45) is -5.21. The molecule has 0 fully saturated rings. The van der Waals surface area contributed by atoms with Gasteiger partial charge in [-0.25, -0.2) is 19.3 Å². The van der Waals surface area contributed by atoms with Crippen LogP contribution in [0.5, 0.6) is 0 Å². The van der Waals surface area contributed by atoms with E-state index >= 15 is 0 Å². The molecule has 2 heterocycles. The molecule has 1 amide bonds. The first kappa shape index (κ1) is 22.7. The number of carbonyl (C=O) groups excluding carboxylic acids is 2. The summed E-state index contributed by atoms with van der Waals surface area (Å²) >= 11 is 0. The van der Waals surface area contributed by atoms with Crippen molar-refractivity contribution in [1.82, 2.24) is 14.8 Å². The van der Waals surface area contributed by atoms with E-state index < -0.39 is 35.1 Å². The van der Waals surface area contributed by atoms with Gasteiger partial charge in [0.25, 0.3) is 0 Å². The summed E-state index contributed by atoms with van der Waals surface area (Å²) in [5, 5.41) is 15.0. The van der Waals surface area contributed by atoms with E-state index in [9.17, 15) is 28.0 Å². The quantitative estimate of drug-likeness (QED) is 0.742. The van der Waals surface area contributed by atoms with Crippen molar-refractivity contribution in [3.63, 3.8) is 0 Å². The Morgan fingerprint density at radius 1 is 1.27 bits per heavy atom. The van der Waals surface area contributed by atoms with Crippen LogP contribution in [0, 0.1) is 11.3 Å². The fourth-order valence-corrected chi connectivity index (χ4v) is 2.31. The smallest absolute Gasteiger partial charge is 0.434 e. The van der Waals surface area contributed by atoms with Gasteiger partial charge in [-0.3, -0.25) is 5.32 Å². The van der Waals surface area contributed by atoms with Crippen LogP contribution in [-0.4, -0.2) is 39.0 Å². The highest BCUT2D eigenvalue weighted by Crippen LogP contribution is 2.34. The lowest BCUT2D eigenvalue weighted by molar-refractivity contribution is -0.143. The van der Waals surface area contributed by atoms with Gasteiger partial charge in [0, 0.05) is 0 Å². The van der Waals surface area contributed by atoms with Gasteiger partial charge in [-0.05, 0) is 39.8 Å². The van der Waals surface area contributed by atoms with Crippen LogP contribution in [0.1, 0.15) is 49.3 Å². The number of hydrogen-bond donors (Lipinski definition) is 1. The Labute approximate surface area is 169 Å². The van der Waals surface area contributed by atoms with Gasteiger partial charge in [-0.15, -0.1) is 0 Å². The van der Waals surface area contributed by atoms with Crippen LogP contribution in [0.15, 0.2) is 18.3 Å². The predicted molar refractivity (Wildman–Crippen MR) is 96.9 cm³/mol. The van der Waals surface area contributed by atoms with E-state index in [1.165, 1.54) is 6.92 Å². The number of hydrogen-bond acceptors (Lipinski definition) is 7. The highest BCUT2D eigenvalue weighted by molar-refractivity contribution is 5.91. The summed E-state index contributed by atoms with van der Waals surface area (Å²) in [6, 6.07) is 4.02. The molecule has 0 aliphatic heterocycles. The highest BCUT2D eigenvalue weighted by atomic mass is 19.4. The van der Waals surface area contributed by atoms with Gasteiger partial charge in [-0.1, -0.05) is 0 Å². The maximum Gasteiger partial charge on any atom is 0.434 e. The summed E-state index contributed by atoms with van der Waals surface area (Å²) in [7, 11) is 0. The first-order chi connectivity index (χ1) is 13.9. The summed E-state index contributed by atoms with van der Waals surface area (Å²) in [5.41, 5.74) is -3.16. The van der Waals surface area contributed by atoms with E-state index in [2.05, 4.69) is 20.1 Å². The number of amides is 1. The third-order valence-electron chi connectivity index (χ3n) is 3.37. The molecule has 0 aliphatic rings. The topological polar surface area (TPSA) is 119 Å². The molecule has 0 spiro atoms. The Hall–Kier alpha value is -3.62. The number of ether oxygens (including phenoxy) is 2. The zero-order valence-electron chi connectivity index (χ0n) is 16.5. The lowest BCUT2D eigenvalue weighted by Gasteiger charge is -2.20. The predicted octanol–water partition coefficient (Wildman–Crippen LogP) is 3.68. The first-order valence-corrected chi connectivity index (χ1v) is 8.61. The number of aromatic nitrogens is 3. The van der Waals surface area contributed by atoms with Gasteiger partial charge in [0.15, 0.2) is 17.3 Å². The van der Waals surface area contributed by atoms with E-state index in [1.54, 1.807) is 26.8 Å². The van der Waals surface area contributed by atoms with Crippen molar-refractivity contribution < 1.29 is 32.2 Å². The van der Waals surface area contributed by atoms with Crippen molar-refractivity contribution in [2.75, 3.05) is 11.9 Å². The Morgan fingerprint density at radius 2 is 1.93 bits per heavy atom. The summed E-state index contributed by atoms with van der Waals surface area (Å²) < 4.78 is 51.0. The number of carbonyl (C=O) groups is 2. The van der Waals surface area contributed by atoms with Crippen molar-refractivity contribution >= 4 is 17.9 Å². The molecule has 2 aromatic rings. The largest absolute Gasteiger partial charge is 0.462 e. The third kappa shape index (κ3) is 5.25. The summed E-state index contributed by atoms with van der Waals surface area (Å²) in [5.74, 6) is -1.91. The average molecular weight is 425 g/mol. The number of pyridine rings is 1. The molecule has 12 heteroatoms. The minimum Gasteiger partial charge on any atom is -0.462 e. The summed E-state index contributed by atoms with van der Waals surface area (Å²) in [4.78, 5) is 27.8. The van der Waals surface area contributed by atoms with Crippen LogP contribution >= 0.6 is 0 Å². The first-order valence-electron chi connectivity index (χ1n) is 8.61. The van der Waals surface area contributed by atoms with Crippen molar-refractivity contribution in [1.29, 1.82) is 5.26 Å². The van der Waals surface area contributed by atoms with E-state index in [0.29, 0.717) is 10.9 Å². The molecule has 1 N–H and O–H groups in total. The maximum absolute atomic E-state index is 13.6. The Bertz CT molecular complexity index is 1000. The van der Waals surface area contributed by atoms with Crippen LogP contribution < -0.4 is 5.32 Å². The van der Waals surface area contributed by atoms with E-state index in [0.717, 1.165) is 12.1 Å². The number of rotatable bonds is 4. The van der Waals surface area contributed by atoms with Crippen LogP contribution in [0.25, 0.3) is 5.82 Å². The molecule has 0 bridgehead atoms. The second-order valence-corrected chi connectivity index (χ2v) is 6.84. The normalized spacial score (nSPS) is 11.5. The molecule has 0 atom stereocenters. The lowest BCUT2D eigenvalue weighted by Crippen LogP contribution is -2.28. The van der Waals surface area contributed by atoms with Crippen molar-refractivity contribution in [3.05, 3.63) is 35.2 Å². The highest BCUT2D eigenvalue weighted by Gasteiger charge is 2.41. The van der Waals surface area contributed by atoms with Gasteiger partial charge >= 0.3 is 18.2 Å². The van der Waals surface area contributed by atoms with Crippen LogP contribution in [-0.2, 0) is 15.7 Å². The van der Waals surface area contributed by atoms with Gasteiger partial charge in [-0.2, -0.15) is 23.5 Å². The number of nitrogens with zero attached hydrogens (tertiary/aromatic N) is 4. The molecule has 2 rings (SSSR count).